The summed E-state index contributed by atoms with van der Waals surface area (Å²) in [4.78, 5) is 0. The van der Waals surface area contributed by atoms with E-state index in [1.807, 2.05) is 44.2 Å². The lowest BCUT2D eigenvalue weighted by Crippen LogP contribution is -2.76. The molecule has 3 saturated carbocycles. The second kappa shape index (κ2) is 5.08. The Labute approximate surface area is 133 Å². The first-order valence-electron chi connectivity index (χ1n) is 8.34. The average molecular weight is 302 g/mol. The predicted molar refractivity (Wildman–Crippen MR) is 88.4 cm³/mol. The van der Waals surface area contributed by atoms with Crippen molar-refractivity contribution < 1.29 is 14.8 Å². The number of aliphatic hydroxyl groups is 1. The zero-order valence-corrected chi connectivity index (χ0v) is 14.0. The van der Waals surface area contributed by atoms with Gasteiger partial charge < -0.3 is 14.8 Å². The second-order valence-electron chi connectivity index (χ2n) is 7.96. The van der Waals surface area contributed by atoms with Gasteiger partial charge >= 0.3 is 7.12 Å². The number of fused-ring (bicyclic) bond motifs is 2. The Morgan fingerprint density at radius 1 is 1.23 bits per heavy atom. The monoisotopic (exact) mass is 302 g/mol. The van der Waals surface area contributed by atoms with Gasteiger partial charge in [0.2, 0.25) is 0 Å². The second-order valence-corrected chi connectivity index (χ2v) is 7.96. The Balaban J connectivity index is 1.77. The number of rotatable bonds is 4. The Bertz CT molecular complexity index is 547. The fourth-order valence-electron chi connectivity index (χ4n) is 4.54. The maximum atomic E-state index is 11.2. The van der Waals surface area contributed by atoms with Crippen molar-refractivity contribution in [2.24, 2.45) is 11.3 Å². The lowest BCUT2D eigenvalue weighted by atomic mass is 9.41. The molecule has 2 bridgehead atoms. The van der Waals surface area contributed by atoms with Crippen molar-refractivity contribution in [3.05, 3.63) is 35.9 Å². The van der Waals surface area contributed by atoms with Crippen LogP contribution in [-0.4, -0.2) is 28.5 Å². The smallest absolute Gasteiger partial charge is 0.427 e. The fraction of sp³-hybridized carbons (Fsp3) is 0.667. The fourth-order valence-corrected chi connectivity index (χ4v) is 4.54. The van der Waals surface area contributed by atoms with Gasteiger partial charge in [0.25, 0.3) is 0 Å². The standard InChI is InChI=1S/C18H27BO3/c1-13(14-8-6-5-7-9-14)19(21)22-17(4)11-10-15-12-18(17,20)16(15,2)3/h5-9,13,15,20-21H,10-12H2,1-4H3. The first kappa shape index (κ1) is 16.0. The van der Waals surface area contributed by atoms with E-state index in [4.69, 9.17) is 4.65 Å². The molecule has 1 aromatic carbocycles. The van der Waals surface area contributed by atoms with Crippen molar-refractivity contribution >= 4 is 7.12 Å². The van der Waals surface area contributed by atoms with Crippen LogP contribution in [0.15, 0.2) is 30.3 Å². The molecule has 0 spiro atoms. The maximum absolute atomic E-state index is 11.2. The van der Waals surface area contributed by atoms with Gasteiger partial charge in [-0.15, -0.1) is 0 Å². The first-order valence-corrected chi connectivity index (χ1v) is 8.34. The van der Waals surface area contributed by atoms with Crippen LogP contribution >= 0.6 is 0 Å². The van der Waals surface area contributed by atoms with Crippen LogP contribution in [0, 0.1) is 11.3 Å². The molecule has 4 unspecified atom stereocenters. The molecular weight excluding hydrogens is 275 g/mol. The van der Waals surface area contributed by atoms with E-state index < -0.39 is 18.3 Å². The Morgan fingerprint density at radius 3 is 2.45 bits per heavy atom. The van der Waals surface area contributed by atoms with E-state index >= 15 is 0 Å². The third-order valence-electron chi connectivity index (χ3n) is 6.61. The quantitative estimate of drug-likeness (QED) is 0.840. The molecule has 120 valence electrons. The normalized spacial score (nSPS) is 37.3. The highest BCUT2D eigenvalue weighted by Gasteiger charge is 2.71. The maximum Gasteiger partial charge on any atom is 0.462 e. The third kappa shape index (κ3) is 2.08. The van der Waals surface area contributed by atoms with E-state index in [2.05, 4.69) is 13.8 Å². The minimum atomic E-state index is -0.913. The summed E-state index contributed by atoms with van der Waals surface area (Å²) in [6, 6.07) is 9.89. The molecule has 3 fully saturated rings. The van der Waals surface area contributed by atoms with Crippen LogP contribution in [0.5, 0.6) is 0 Å². The molecule has 0 saturated heterocycles. The van der Waals surface area contributed by atoms with Crippen LogP contribution in [0.2, 0.25) is 0 Å². The van der Waals surface area contributed by atoms with Crippen LogP contribution in [0.3, 0.4) is 0 Å². The molecule has 0 radical (unpaired) electrons. The van der Waals surface area contributed by atoms with E-state index in [-0.39, 0.29) is 11.2 Å². The molecule has 4 heteroatoms. The van der Waals surface area contributed by atoms with Gasteiger partial charge in [-0.2, -0.15) is 0 Å². The summed E-state index contributed by atoms with van der Waals surface area (Å²) in [6.45, 7) is 8.17. The van der Waals surface area contributed by atoms with Crippen molar-refractivity contribution in [2.45, 2.75) is 64.0 Å². The summed E-state index contributed by atoms with van der Waals surface area (Å²) in [5.74, 6) is 0.445. The van der Waals surface area contributed by atoms with Crippen molar-refractivity contribution in [2.75, 3.05) is 0 Å². The molecule has 2 N–H and O–H groups in total. The van der Waals surface area contributed by atoms with E-state index in [1.165, 1.54) is 0 Å². The van der Waals surface area contributed by atoms with E-state index in [9.17, 15) is 10.1 Å². The molecule has 4 rings (SSSR count). The molecule has 4 atom stereocenters. The topological polar surface area (TPSA) is 49.7 Å². The van der Waals surface area contributed by atoms with Crippen LogP contribution in [0.25, 0.3) is 0 Å². The lowest BCUT2D eigenvalue weighted by Gasteiger charge is -2.69. The zero-order valence-electron chi connectivity index (χ0n) is 14.0. The van der Waals surface area contributed by atoms with Gasteiger partial charge in [-0.1, -0.05) is 51.1 Å². The van der Waals surface area contributed by atoms with Gasteiger partial charge in [0.05, 0.1) is 11.2 Å². The average Bonchev–Trinajstić information content (AvgIpc) is 2.49. The van der Waals surface area contributed by atoms with Crippen molar-refractivity contribution in [1.29, 1.82) is 0 Å². The van der Waals surface area contributed by atoms with Crippen LogP contribution < -0.4 is 0 Å². The molecular formula is C18H27BO3. The summed E-state index contributed by atoms with van der Waals surface area (Å²) >= 11 is 0. The van der Waals surface area contributed by atoms with E-state index in [0.29, 0.717) is 5.92 Å². The van der Waals surface area contributed by atoms with Crippen LogP contribution in [0.1, 0.15) is 58.3 Å². The molecule has 0 aliphatic heterocycles. The minimum Gasteiger partial charge on any atom is -0.427 e. The van der Waals surface area contributed by atoms with Gasteiger partial charge in [-0.25, -0.2) is 0 Å². The minimum absolute atomic E-state index is 0.123. The third-order valence-corrected chi connectivity index (χ3v) is 6.61. The van der Waals surface area contributed by atoms with Crippen LogP contribution in [-0.2, 0) is 4.65 Å². The SMILES string of the molecule is CC(B(O)OC1(C)CCC2CC1(O)C2(C)C)c1ccccc1. The number of hydrogen-bond acceptors (Lipinski definition) is 3. The number of benzene rings is 1. The van der Waals surface area contributed by atoms with Crippen LogP contribution in [0.4, 0.5) is 0 Å². The molecule has 0 aromatic heterocycles. The zero-order chi connectivity index (χ0) is 16.2. The largest absolute Gasteiger partial charge is 0.462 e. The summed E-state index contributed by atoms with van der Waals surface area (Å²) in [7, 11) is -0.913. The van der Waals surface area contributed by atoms with Gasteiger partial charge in [-0.05, 0) is 43.1 Å². The van der Waals surface area contributed by atoms with E-state index in [1.54, 1.807) is 0 Å². The molecule has 0 heterocycles. The molecule has 3 aliphatic carbocycles. The molecule has 1 aromatic rings. The molecule has 3 nitrogen and oxygen atoms in total. The predicted octanol–water partition coefficient (Wildman–Crippen LogP) is 3.16. The van der Waals surface area contributed by atoms with Gasteiger partial charge in [0, 0.05) is 5.82 Å². The van der Waals surface area contributed by atoms with Gasteiger partial charge in [-0.3, -0.25) is 0 Å². The summed E-state index contributed by atoms with van der Waals surface area (Å²) < 4.78 is 6.09. The first-order chi connectivity index (χ1) is 10.2. The summed E-state index contributed by atoms with van der Waals surface area (Å²) in [5.41, 5.74) is -0.629. The Kier molecular flexibility index (Phi) is 3.71. The Hall–Kier alpha value is -0.835. The highest BCUT2D eigenvalue weighted by atomic mass is 16.6. The van der Waals surface area contributed by atoms with Gasteiger partial charge in [0.15, 0.2) is 0 Å². The van der Waals surface area contributed by atoms with Crippen molar-refractivity contribution in [1.82, 2.24) is 0 Å². The number of hydrogen-bond donors (Lipinski definition) is 2. The van der Waals surface area contributed by atoms with Gasteiger partial charge in [0.1, 0.15) is 0 Å². The lowest BCUT2D eigenvalue weighted by molar-refractivity contribution is -0.308. The molecule has 3 aliphatic rings. The highest BCUT2D eigenvalue weighted by Crippen LogP contribution is 2.66. The Morgan fingerprint density at radius 2 is 1.86 bits per heavy atom. The molecule has 22 heavy (non-hydrogen) atoms. The molecule has 0 amide bonds. The van der Waals surface area contributed by atoms with Crippen molar-refractivity contribution in [3.8, 4) is 0 Å². The highest BCUT2D eigenvalue weighted by molar-refractivity contribution is 6.45. The summed E-state index contributed by atoms with van der Waals surface area (Å²) in [6.07, 6.45) is 2.64. The summed E-state index contributed by atoms with van der Waals surface area (Å²) in [5, 5.41) is 21.7. The van der Waals surface area contributed by atoms with Crippen molar-refractivity contribution in [3.63, 3.8) is 0 Å². The van der Waals surface area contributed by atoms with E-state index in [0.717, 1.165) is 24.8 Å².